The minimum absolute atomic E-state index is 0.209. The van der Waals surface area contributed by atoms with Crippen molar-refractivity contribution < 1.29 is 14.6 Å². The third-order valence-electron chi connectivity index (χ3n) is 4.73. The second-order valence-corrected chi connectivity index (χ2v) is 6.25. The molecule has 1 aliphatic rings. The third-order valence-corrected chi connectivity index (χ3v) is 4.73. The fraction of sp³-hybridized carbons (Fsp3) is 0.500. The Balaban J connectivity index is 1.56. The third kappa shape index (κ3) is 3.57. The first kappa shape index (κ1) is 16.0. The Labute approximate surface area is 136 Å². The highest BCUT2D eigenvalue weighted by molar-refractivity contribution is 5.95. The van der Waals surface area contributed by atoms with Crippen LogP contribution in [-0.4, -0.2) is 53.4 Å². The minimum Gasteiger partial charge on any atom is -0.461 e. The zero-order valence-corrected chi connectivity index (χ0v) is 13.6. The first-order valence-electron chi connectivity index (χ1n) is 8.24. The van der Waals surface area contributed by atoms with E-state index in [1.54, 1.807) is 0 Å². The van der Waals surface area contributed by atoms with Gasteiger partial charge in [-0.25, -0.2) is 4.79 Å². The lowest BCUT2D eigenvalue weighted by Crippen LogP contribution is -2.37. The summed E-state index contributed by atoms with van der Waals surface area (Å²) in [6.07, 6.45) is 2.03. The van der Waals surface area contributed by atoms with Crippen molar-refractivity contribution in [3.63, 3.8) is 0 Å². The number of nitrogens with zero attached hydrogens (tertiary/aromatic N) is 2. The van der Waals surface area contributed by atoms with E-state index in [9.17, 15) is 4.79 Å². The molecule has 0 radical (unpaired) electrons. The maximum Gasteiger partial charge on any atom is 0.354 e. The molecular formula is C18H24N2O3. The predicted octanol–water partition coefficient (Wildman–Crippen LogP) is 2.04. The number of hydrogen-bond acceptors (Lipinski definition) is 4. The number of esters is 1. The Morgan fingerprint density at radius 2 is 2.04 bits per heavy atom. The molecule has 1 fully saturated rings. The molecule has 1 aromatic carbocycles. The summed E-state index contributed by atoms with van der Waals surface area (Å²) in [5.74, 6) is 0.171. The lowest BCUT2D eigenvalue weighted by atomic mass is 9.98. The number of aryl methyl sites for hydroxylation is 1. The Morgan fingerprint density at radius 3 is 2.74 bits per heavy atom. The number of carbonyl (C=O) groups is 1. The predicted molar refractivity (Wildman–Crippen MR) is 89.5 cm³/mol. The maximum atomic E-state index is 12.4. The number of fused-ring (bicyclic) bond motifs is 1. The number of aliphatic hydroxyl groups excluding tert-OH is 1. The molecule has 3 rings (SSSR count). The topological polar surface area (TPSA) is 54.7 Å². The number of ether oxygens (including phenoxy) is 1. The number of likely N-dealkylation sites (tertiary alicyclic amines) is 1. The van der Waals surface area contributed by atoms with Crippen LogP contribution >= 0.6 is 0 Å². The summed E-state index contributed by atoms with van der Waals surface area (Å²) in [6, 6.07) is 9.84. The van der Waals surface area contributed by atoms with Crippen LogP contribution in [0.1, 0.15) is 23.3 Å². The number of β-amino-alcohol motifs (C(OH)–C–C–N with tert-alkyl or cyclic N) is 1. The van der Waals surface area contributed by atoms with Crippen LogP contribution in [0.4, 0.5) is 0 Å². The molecule has 0 unspecified atom stereocenters. The van der Waals surface area contributed by atoms with E-state index in [-0.39, 0.29) is 12.6 Å². The van der Waals surface area contributed by atoms with Crippen LogP contribution < -0.4 is 0 Å². The SMILES string of the molecule is Cn1c(C(=O)OCC2CCN(CCO)CC2)cc2ccccc21. The molecule has 0 aliphatic carbocycles. The minimum atomic E-state index is -0.249. The van der Waals surface area contributed by atoms with Crippen molar-refractivity contribution in [3.05, 3.63) is 36.0 Å². The molecule has 0 amide bonds. The lowest BCUT2D eigenvalue weighted by molar-refractivity contribution is 0.0355. The number of aromatic nitrogens is 1. The summed E-state index contributed by atoms with van der Waals surface area (Å²) in [6.45, 7) is 3.37. The molecule has 2 aromatic rings. The first-order chi connectivity index (χ1) is 11.2. The number of rotatable bonds is 5. The normalized spacial score (nSPS) is 16.8. The lowest BCUT2D eigenvalue weighted by Gasteiger charge is -2.31. The molecule has 0 saturated carbocycles. The summed E-state index contributed by atoms with van der Waals surface area (Å²) in [5.41, 5.74) is 1.64. The van der Waals surface area contributed by atoms with Gasteiger partial charge in [-0.3, -0.25) is 0 Å². The number of aliphatic hydroxyl groups is 1. The van der Waals surface area contributed by atoms with Gasteiger partial charge < -0.3 is 19.3 Å². The summed E-state index contributed by atoms with van der Waals surface area (Å²) in [7, 11) is 1.90. The molecular weight excluding hydrogens is 292 g/mol. The highest BCUT2D eigenvalue weighted by atomic mass is 16.5. The van der Waals surface area contributed by atoms with Crippen molar-refractivity contribution in [1.82, 2.24) is 9.47 Å². The fourth-order valence-electron chi connectivity index (χ4n) is 3.27. The second-order valence-electron chi connectivity index (χ2n) is 6.25. The molecule has 5 heteroatoms. The van der Waals surface area contributed by atoms with Gasteiger partial charge in [0, 0.05) is 24.5 Å². The summed E-state index contributed by atoms with van der Waals surface area (Å²) < 4.78 is 7.44. The van der Waals surface area contributed by atoms with E-state index in [1.807, 2.05) is 41.9 Å². The van der Waals surface area contributed by atoms with E-state index in [0.29, 0.717) is 18.2 Å². The first-order valence-corrected chi connectivity index (χ1v) is 8.24. The number of hydrogen-bond donors (Lipinski definition) is 1. The standard InChI is InChI=1S/C18H24N2O3/c1-19-16-5-3-2-4-15(16)12-17(19)18(22)23-13-14-6-8-20(9-7-14)10-11-21/h2-5,12,14,21H,6-11,13H2,1H3. The van der Waals surface area contributed by atoms with Gasteiger partial charge in [0.25, 0.3) is 0 Å². The van der Waals surface area contributed by atoms with Gasteiger partial charge in [0.2, 0.25) is 0 Å². The van der Waals surface area contributed by atoms with Crippen LogP contribution in [0, 0.1) is 5.92 Å². The second kappa shape index (κ2) is 7.15. The van der Waals surface area contributed by atoms with Crippen LogP contribution in [0.5, 0.6) is 0 Å². The molecule has 0 atom stereocenters. The Kier molecular flexibility index (Phi) is 4.98. The van der Waals surface area contributed by atoms with Crippen LogP contribution in [0.25, 0.3) is 10.9 Å². The van der Waals surface area contributed by atoms with Crippen LogP contribution in [0.15, 0.2) is 30.3 Å². The monoisotopic (exact) mass is 316 g/mol. The van der Waals surface area contributed by atoms with Crippen LogP contribution in [0.2, 0.25) is 0 Å². The molecule has 1 saturated heterocycles. The molecule has 1 N–H and O–H groups in total. The highest BCUT2D eigenvalue weighted by Crippen LogP contribution is 2.21. The number of carbonyl (C=O) groups excluding carboxylic acids is 1. The number of benzene rings is 1. The van der Waals surface area contributed by atoms with Gasteiger partial charge in [-0.2, -0.15) is 0 Å². The number of para-hydroxylation sites is 1. The number of piperidine rings is 1. The average Bonchev–Trinajstić information content (AvgIpc) is 2.92. The maximum absolute atomic E-state index is 12.4. The van der Waals surface area contributed by atoms with Gasteiger partial charge in [-0.05, 0) is 44.0 Å². The largest absolute Gasteiger partial charge is 0.461 e. The Hall–Kier alpha value is -1.85. The average molecular weight is 316 g/mol. The zero-order valence-electron chi connectivity index (χ0n) is 13.6. The molecule has 0 bridgehead atoms. The fourth-order valence-corrected chi connectivity index (χ4v) is 3.27. The van der Waals surface area contributed by atoms with E-state index in [0.717, 1.165) is 43.4 Å². The van der Waals surface area contributed by atoms with Gasteiger partial charge in [0.1, 0.15) is 5.69 Å². The van der Waals surface area contributed by atoms with E-state index < -0.39 is 0 Å². The van der Waals surface area contributed by atoms with Crippen molar-refractivity contribution in [3.8, 4) is 0 Å². The quantitative estimate of drug-likeness (QED) is 0.858. The Morgan fingerprint density at radius 1 is 1.30 bits per heavy atom. The van der Waals surface area contributed by atoms with Gasteiger partial charge in [-0.15, -0.1) is 0 Å². The van der Waals surface area contributed by atoms with Gasteiger partial charge >= 0.3 is 5.97 Å². The van der Waals surface area contributed by atoms with Crippen molar-refractivity contribution >= 4 is 16.9 Å². The molecule has 0 spiro atoms. The van der Waals surface area contributed by atoms with Crippen molar-refractivity contribution in [2.75, 3.05) is 32.8 Å². The van der Waals surface area contributed by atoms with Gasteiger partial charge in [0.05, 0.1) is 13.2 Å². The summed E-state index contributed by atoms with van der Waals surface area (Å²) in [5, 5.41) is 10.0. The Bertz CT molecular complexity index is 672. The van der Waals surface area contributed by atoms with Crippen molar-refractivity contribution in [2.24, 2.45) is 13.0 Å². The van der Waals surface area contributed by atoms with E-state index in [1.165, 1.54) is 0 Å². The van der Waals surface area contributed by atoms with Crippen molar-refractivity contribution in [2.45, 2.75) is 12.8 Å². The zero-order chi connectivity index (χ0) is 16.2. The van der Waals surface area contributed by atoms with Gasteiger partial charge in [-0.1, -0.05) is 18.2 Å². The van der Waals surface area contributed by atoms with E-state index in [2.05, 4.69) is 4.90 Å². The summed E-state index contributed by atoms with van der Waals surface area (Å²) >= 11 is 0. The van der Waals surface area contributed by atoms with Crippen LogP contribution in [0.3, 0.4) is 0 Å². The molecule has 1 aliphatic heterocycles. The molecule has 5 nitrogen and oxygen atoms in total. The van der Waals surface area contributed by atoms with Crippen LogP contribution in [-0.2, 0) is 11.8 Å². The molecule has 1 aromatic heterocycles. The highest BCUT2D eigenvalue weighted by Gasteiger charge is 2.21. The van der Waals surface area contributed by atoms with Gasteiger partial charge in [0.15, 0.2) is 0 Å². The summed E-state index contributed by atoms with van der Waals surface area (Å²) in [4.78, 5) is 14.6. The smallest absolute Gasteiger partial charge is 0.354 e. The van der Waals surface area contributed by atoms with E-state index in [4.69, 9.17) is 9.84 Å². The molecule has 2 heterocycles. The van der Waals surface area contributed by atoms with E-state index >= 15 is 0 Å². The molecule has 124 valence electrons. The molecule has 23 heavy (non-hydrogen) atoms. The van der Waals surface area contributed by atoms with Crippen molar-refractivity contribution in [1.29, 1.82) is 0 Å².